The Hall–Kier alpha value is -2.09. The van der Waals surface area contributed by atoms with Crippen molar-refractivity contribution in [3.05, 3.63) is 47.1 Å². The molecule has 0 saturated carbocycles. The Morgan fingerprint density at radius 1 is 1.23 bits per heavy atom. The van der Waals surface area contributed by atoms with Gasteiger partial charge in [-0.25, -0.2) is 9.48 Å². The molecule has 2 amide bonds. The highest BCUT2D eigenvalue weighted by Gasteiger charge is 2.16. The number of aromatic nitrogens is 2. The number of nitrogens with zero attached hydrogens (tertiary/aromatic N) is 3. The van der Waals surface area contributed by atoms with Crippen molar-refractivity contribution in [2.24, 2.45) is 0 Å². The molecule has 26 heavy (non-hydrogen) atoms. The molecule has 1 fully saturated rings. The lowest BCUT2D eigenvalue weighted by molar-refractivity contribution is 0.125. The van der Waals surface area contributed by atoms with E-state index in [-0.39, 0.29) is 12.6 Å². The molecule has 1 saturated heterocycles. The van der Waals surface area contributed by atoms with Gasteiger partial charge in [-0.15, -0.1) is 0 Å². The fourth-order valence-electron chi connectivity index (χ4n) is 3.03. The lowest BCUT2D eigenvalue weighted by atomic mass is 10.2. The number of nitrogens with one attached hydrogen (secondary N) is 2. The first-order valence-corrected chi connectivity index (χ1v) is 9.19. The summed E-state index contributed by atoms with van der Waals surface area (Å²) in [5.41, 5.74) is 1.03. The first kappa shape index (κ1) is 18.7. The van der Waals surface area contributed by atoms with Crippen LogP contribution in [0, 0.1) is 0 Å². The molecule has 2 aromatic rings. The molecule has 3 N–H and O–H groups in total. The van der Waals surface area contributed by atoms with E-state index in [9.17, 15) is 9.90 Å². The highest BCUT2D eigenvalue weighted by Crippen LogP contribution is 2.13. The second-order valence-corrected chi connectivity index (χ2v) is 6.93. The van der Waals surface area contributed by atoms with E-state index >= 15 is 0 Å². The van der Waals surface area contributed by atoms with Crippen LogP contribution in [0.2, 0.25) is 5.02 Å². The maximum Gasteiger partial charge on any atom is 0.320 e. The van der Waals surface area contributed by atoms with Crippen molar-refractivity contribution in [2.45, 2.75) is 25.5 Å². The van der Waals surface area contributed by atoms with Gasteiger partial charge in [0.1, 0.15) is 5.82 Å². The fourth-order valence-corrected chi connectivity index (χ4v) is 3.15. The summed E-state index contributed by atoms with van der Waals surface area (Å²) in [6.45, 7) is 3.38. The van der Waals surface area contributed by atoms with E-state index in [4.69, 9.17) is 11.6 Å². The van der Waals surface area contributed by atoms with Gasteiger partial charge in [-0.1, -0.05) is 23.7 Å². The Kier molecular flexibility index (Phi) is 6.49. The predicted molar refractivity (Wildman–Crippen MR) is 101 cm³/mol. The predicted octanol–water partition coefficient (Wildman–Crippen LogP) is 2.16. The molecule has 1 atom stereocenters. The van der Waals surface area contributed by atoms with Crippen LogP contribution in [-0.4, -0.2) is 58.1 Å². The zero-order chi connectivity index (χ0) is 18.4. The van der Waals surface area contributed by atoms with Crippen molar-refractivity contribution >= 4 is 23.4 Å². The maximum atomic E-state index is 12.1. The second kappa shape index (κ2) is 9.02. The van der Waals surface area contributed by atoms with Crippen LogP contribution < -0.4 is 10.6 Å². The molecule has 1 unspecified atom stereocenters. The van der Waals surface area contributed by atoms with Crippen LogP contribution >= 0.6 is 11.6 Å². The van der Waals surface area contributed by atoms with Gasteiger partial charge in [-0.05, 0) is 43.6 Å². The van der Waals surface area contributed by atoms with Gasteiger partial charge >= 0.3 is 6.03 Å². The Labute approximate surface area is 157 Å². The van der Waals surface area contributed by atoms with Gasteiger partial charge < -0.3 is 15.3 Å². The van der Waals surface area contributed by atoms with Crippen molar-refractivity contribution in [3.63, 3.8) is 0 Å². The standard InChI is InChI=1S/C18H24ClN5O2/c19-15-5-3-14(4-6-15)12-24-17(7-8-21-24)22-18(26)20-11-16(25)13-23-9-1-2-10-23/h3-8,16,25H,1-2,9-13H2,(H2,20,22,26). The number of carbonyl (C=O) groups is 1. The van der Waals surface area contributed by atoms with Gasteiger partial charge in [0, 0.05) is 24.2 Å². The van der Waals surface area contributed by atoms with E-state index in [1.165, 1.54) is 12.8 Å². The molecule has 1 aromatic carbocycles. The summed E-state index contributed by atoms with van der Waals surface area (Å²) < 4.78 is 1.70. The molecule has 140 valence electrons. The normalized spacial score (nSPS) is 15.8. The zero-order valence-electron chi connectivity index (χ0n) is 14.6. The maximum absolute atomic E-state index is 12.1. The van der Waals surface area contributed by atoms with E-state index in [2.05, 4.69) is 20.6 Å². The molecule has 0 spiro atoms. The third-order valence-corrected chi connectivity index (χ3v) is 4.62. The summed E-state index contributed by atoms with van der Waals surface area (Å²) in [5.74, 6) is 0.589. The smallest absolute Gasteiger partial charge is 0.320 e. The number of anilines is 1. The van der Waals surface area contributed by atoms with E-state index in [0.29, 0.717) is 23.9 Å². The topological polar surface area (TPSA) is 82.4 Å². The fraction of sp³-hybridized carbons (Fsp3) is 0.444. The number of likely N-dealkylation sites (tertiary alicyclic amines) is 1. The number of aliphatic hydroxyl groups excluding tert-OH is 1. The molecular formula is C18H24ClN5O2. The summed E-state index contributed by atoms with van der Waals surface area (Å²) in [5, 5.41) is 20.4. The van der Waals surface area contributed by atoms with Crippen molar-refractivity contribution in [2.75, 3.05) is 31.5 Å². The minimum absolute atomic E-state index is 0.216. The summed E-state index contributed by atoms with van der Waals surface area (Å²) in [7, 11) is 0. The van der Waals surface area contributed by atoms with Gasteiger partial charge in [-0.3, -0.25) is 5.32 Å². The average Bonchev–Trinajstić information content (AvgIpc) is 3.28. The molecule has 0 bridgehead atoms. The number of benzene rings is 1. The number of aliphatic hydroxyl groups is 1. The number of urea groups is 1. The van der Waals surface area contributed by atoms with E-state index < -0.39 is 6.10 Å². The highest BCUT2D eigenvalue weighted by molar-refractivity contribution is 6.30. The first-order chi connectivity index (χ1) is 12.6. The van der Waals surface area contributed by atoms with Crippen LogP contribution in [0.3, 0.4) is 0 Å². The highest BCUT2D eigenvalue weighted by atomic mass is 35.5. The molecule has 0 aliphatic carbocycles. The van der Waals surface area contributed by atoms with Crippen molar-refractivity contribution in [1.82, 2.24) is 20.0 Å². The second-order valence-electron chi connectivity index (χ2n) is 6.50. The summed E-state index contributed by atoms with van der Waals surface area (Å²) in [4.78, 5) is 14.3. The lowest BCUT2D eigenvalue weighted by Crippen LogP contribution is -2.40. The third-order valence-electron chi connectivity index (χ3n) is 4.37. The molecule has 7 nitrogen and oxygen atoms in total. The van der Waals surface area contributed by atoms with Crippen LogP contribution in [-0.2, 0) is 6.54 Å². The lowest BCUT2D eigenvalue weighted by Gasteiger charge is -2.19. The summed E-state index contributed by atoms with van der Waals surface area (Å²) >= 11 is 5.90. The SMILES string of the molecule is O=C(NCC(O)CN1CCCC1)Nc1ccnn1Cc1ccc(Cl)cc1. The van der Waals surface area contributed by atoms with Crippen LogP contribution in [0.15, 0.2) is 36.5 Å². The molecule has 0 radical (unpaired) electrons. The Morgan fingerprint density at radius 2 is 1.96 bits per heavy atom. The number of β-amino-alcohol motifs (C(OH)–C–C–N with tert-alkyl or cyclic N) is 1. The number of rotatable bonds is 7. The Bertz CT molecular complexity index is 713. The van der Waals surface area contributed by atoms with Crippen LogP contribution in [0.4, 0.5) is 10.6 Å². The number of hydrogen-bond donors (Lipinski definition) is 3. The van der Waals surface area contributed by atoms with Gasteiger partial charge in [0.25, 0.3) is 0 Å². The van der Waals surface area contributed by atoms with Crippen LogP contribution in [0.1, 0.15) is 18.4 Å². The third kappa shape index (κ3) is 5.45. The number of hydrogen-bond acceptors (Lipinski definition) is 4. The van der Waals surface area contributed by atoms with Crippen molar-refractivity contribution < 1.29 is 9.90 Å². The molecule has 2 heterocycles. The van der Waals surface area contributed by atoms with Crippen molar-refractivity contribution in [1.29, 1.82) is 0 Å². The quantitative estimate of drug-likeness (QED) is 0.690. The van der Waals surface area contributed by atoms with E-state index in [0.717, 1.165) is 18.7 Å². The molecular weight excluding hydrogens is 354 g/mol. The monoisotopic (exact) mass is 377 g/mol. The Morgan fingerprint density at radius 3 is 2.69 bits per heavy atom. The zero-order valence-corrected chi connectivity index (χ0v) is 15.3. The summed E-state index contributed by atoms with van der Waals surface area (Å²) in [6, 6.07) is 8.86. The van der Waals surface area contributed by atoms with Crippen LogP contribution in [0.5, 0.6) is 0 Å². The van der Waals surface area contributed by atoms with Gasteiger partial charge in [0.05, 0.1) is 18.8 Å². The molecule has 8 heteroatoms. The number of carbonyl (C=O) groups excluding carboxylic acids is 1. The number of amides is 2. The molecule has 1 aliphatic rings. The first-order valence-electron chi connectivity index (χ1n) is 8.82. The minimum Gasteiger partial charge on any atom is -0.390 e. The Balaban J connectivity index is 1.47. The van der Waals surface area contributed by atoms with Gasteiger partial charge in [0.2, 0.25) is 0 Å². The van der Waals surface area contributed by atoms with E-state index in [1.54, 1.807) is 16.9 Å². The number of halogens is 1. The van der Waals surface area contributed by atoms with Gasteiger partial charge in [-0.2, -0.15) is 5.10 Å². The van der Waals surface area contributed by atoms with Crippen molar-refractivity contribution in [3.8, 4) is 0 Å². The largest absolute Gasteiger partial charge is 0.390 e. The molecule has 3 rings (SSSR count). The average molecular weight is 378 g/mol. The van der Waals surface area contributed by atoms with Gasteiger partial charge in [0.15, 0.2) is 0 Å². The molecule has 1 aliphatic heterocycles. The van der Waals surface area contributed by atoms with E-state index in [1.807, 2.05) is 24.3 Å². The molecule has 1 aromatic heterocycles. The minimum atomic E-state index is -0.571. The summed E-state index contributed by atoms with van der Waals surface area (Å²) in [6.07, 6.45) is 3.42. The van der Waals surface area contributed by atoms with Crippen LogP contribution in [0.25, 0.3) is 0 Å².